The van der Waals surface area contributed by atoms with Crippen LogP contribution in [-0.4, -0.2) is 0 Å². The molecule has 1 spiro atoms. The van der Waals surface area contributed by atoms with E-state index in [0.29, 0.717) is 10.8 Å². The van der Waals surface area contributed by atoms with Gasteiger partial charge in [-0.15, -0.1) is 0 Å². The van der Waals surface area contributed by atoms with E-state index in [2.05, 4.69) is 27.7 Å². The normalized spacial score (nSPS) is 33.4. The van der Waals surface area contributed by atoms with E-state index in [4.69, 9.17) is 0 Å². The molecule has 0 unspecified atom stereocenters. The Morgan fingerprint density at radius 3 is 1.71 bits per heavy atom. The average Bonchev–Trinajstić information content (AvgIpc) is 2.47. The Labute approximate surface area is 89.5 Å². The number of hydrogen-bond donors (Lipinski definition) is 0. The zero-order valence-corrected chi connectivity index (χ0v) is 10.4. The molecule has 0 bridgehead atoms. The third-order valence-corrected chi connectivity index (χ3v) is 5.59. The van der Waals surface area contributed by atoms with Crippen molar-refractivity contribution in [1.29, 1.82) is 0 Å². The summed E-state index contributed by atoms with van der Waals surface area (Å²) in [6.07, 6.45) is 10.5. The molecule has 0 amide bonds. The fourth-order valence-electron chi connectivity index (χ4n) is 3.73. The molecule has 0 aromatic rings. The summed E-state index contributed by atoms with van der Waals surface area (Å²) >= 11 is 0. The van der Waals surface area contributed by atoms with Gasteiger partial charge in [-0.3, -0.25) is 0 Å². The second kappa shape index (κ2) is 3.00. The van der Waals surface area contributed by atoms with Gasteiger partial charge in [0, 0.05) is 0 Å². The van der Waals surface area contributed by atoms with Gasteiger partial charge in [-0.05, 0) is 48.3 Å². The van der Waals surface area contributed by atoms with Gasteiger partial charge in [-0.1, -0.05) is 40.5 Å². The molecular formula is C14H26. The van der Waals surface area contributed by atoms with Crippen molar-refractivity contribution in [3.05, 3.63) is 0 Å². The molecule has 2 fully saturated rings. The van der Waals surface area contributed by atoms with Gasteiger partial charge in [0.2, 0.25) is 0 Å². The van der Waals surface area contributed by atoms with Crippen molar-refractivity contribution in [1.82, 2.24) is 0 Å². The fraction of sp³-hybridized carbons (Fsp3) is 1.00. The van der Waals surface area contributed by atoms with Crippen molar-refractivity contribution in [2.45, 2.75) is 72.6 Å². The van der Waals surface area contributed by atoms with Crippen LogP contribution >= 0.6 is 0 Å². The Hall–Kier alpha value is 0. The molecule has 2 aliphatic carbocycles. The lowest BCUT2D eigenvalue weighted by atomic mass is 9.52. The van der Waals surface area contributed by atoms with Crippen LogP contribution in [0.4, 0.5) is 0 Å². The summed E-state index contributed by atoms with van der Waals surface area (Å²) in [6, 6.07) is 0. The first-order valence-corrected chi connectivity index (χ1v) is 6.37. The molecule has 2 saturated carbocycles. The van der Waals surface area contributed by atoms with E-state index in [-0.39, 0.29) is 0 Å². The van der Waals surface area contributed by atoms with Crippen LogP contribution in [-0.2, 0) is 0 Å². The van der Waals surface area contributed by atoms with Crippen LogP contribution in [0, 0.1) is 16.2 Å². The highest BCUT2D eigenvalue weighted by atomic mass is 14.5. The molecule has 0 aromatic carbocycles. The van der Waals surface area contributed by atoms with Crippen molar-refractivity contribution in [3.8, 4) is 0 Å². The van der Waals surface area contributed by atoms with Crippen molar-refractivity contribution in [3.63, 3.8) is 0 Å². The lowest BCUT2D eigenvalue weighted by Crippen LogP contribution is -2.43. The Morgan fingerprint density at radius 2 is 1.21 bits per heavy atom. The molecular weight excluding hydrogens is 168 g/mol. The van der Waals surface area contributed by atoms with Crippen LogP contribution in [0.15, 0.2) is 0 Å². The summed E-state index contributed by atoms with van der Waals surface area (Å²) < 4.78 is 0. The van der Waals surface area contributed by atoms with Gasteiger partial charge in [0.15, 0.2) is 0 Å². The van der Waals surface area contributed by atoms with Crippen molar-refractivity contribution >= 4 is 0 Å². The molecule has 2 rings (SSSR count). The molecule has 0 aromatic heterocycles. The first-order valence-electron chi connectivity index (χ1n) is 6.37. The van der Waals surface area contributed by atoms with Crippen LogP contribution < -0.4 is 0 Å². The Balaban J connectivity index is 2.16. The molecule has 0 heterocycles. The highest BCUT2D eigenvalue weighted by molar-refractivity contribution is 5.00. The molecule has 2 aliphatic rings. The van der Waals surface area contributed by atoms with Crippen molar-refractivity contribution < 1.29 is 0 Å². The van der Waals surface area contributed by atoms with Gasteiger partial charge in [0.1, 0.15) is 0 Å². The second-order valence-electron chi connectivity index (χ2n) is 7.15. The zero-order valence-electron chi connectivity index (χ0n) is 10.4. The van der Waals surface area contributed by atoms with E-state index in [0.717, 1.165) is 5.41 Å². The molecule has 0 N–H and O–H groups in total. The van der Waals surface area contributed by atoms with E-state index in [1.165, 1.54) is 44.9 Å². The van der Waals surface area contributed by atoms with Gasteiger partial charge in [0.25, 0.3) is 0 Å². The first-order chi connectivity index (χ1) is 6.37. The molecule has 0 heteroatoms. The number of rotatable bonds is 0. The van der Waals surface area contributed by atoms with Gasteiger partial charge in [-0.2, -0.15) is 0 Å². The maximum atomic E-state index is 2.49. The van der Waals surface area contributed by atoms with E-state index < -0.39 is 0 Å². The summed E-state index contributed by atoms with van der Waals surface area (Å²) in [4.78, 5) is 0. The van der Waals surface area contributed by atoms with Crippen molar-refractivity contribution in [2.75, 3.05) is 0 Å². The molecule has 0 saturated heterocycles. The fourth-order valence-corrected chi connectivity index (χ4v) is 3.73. The summed E-state index contributed by atoms with van der Waals surface area (Å²) in [5.74, 6) is 0. The van der Waals surface area contributed by atoms with Crippen LogP contribution in [0.2, 0.25) is 0 Å². The molecule has 0 nitrogen and oxygen atoms in total. The van der Waals surface area contributed by atoms with Gasteiger partial charge < -0.3 is 0 Å². The third kappa shape index (κ3) is 1.51. The highest BCUT2D eigenvalue weighted by Gasteiger charge is 2.49. The maximum Gasteiger partial charge on any atom is -0.0292 e. The lowest BCUT2D eigenvalue weighted by Gasteiger charge is -2.53. The van der Waals surface area contributed by atoms with Crippen molar-refractivity contribution in [2.24, 2.45) is 16.2 Å². The topological polar surface area (TPSA) is 0 Å². The van der Waals surface area contributed by atoms with Crippen LogP contribution in [0.5, 0.6) is 0 Å². The summed E-state index contributed by atoms with van der Waals surface area (Å²) in [7, 11) is 0. The average molecular weight is 194 g/mol. The minimum atomic E-state index is 0.551. The van der Waals surface area contributed by atoms with Gasteiger partial charge >= 0.3 is 0 Å². The molecule has 0 atom stereocenters. The van der Waals surface area contributed by atoms with Crippen LogP contribution in [0.25, 0.3) is 0 Å². The van der Waals surface area contributed by atoms with E-state index in [1.807, 2.05) is 0 Å². The Kier molecular flexibility index (Phi) is 2.25. The highest BCUT2D eigenvalue weighted by Crippen LogP contribution is 2.60. The zero-order chi connectivity index (χ0) is 10.4. The minimum Gasteiger partial charge on any atom is -0.0594 e. The maximum absolute atomic E-state index is 2.49. The quantitative estimate of drug-likeness (QED) is 0.520. The Bertz CT molecular complexity index is 216. The van der Waals surface area contributed by atoms with Gasteiger partial charge in [-0.25, -0.2) is 0 Å². The number of hydrogen-bond acceptors (Lipinski definition) is 0. The van der Waals surface area contributed by atoms with E-state index in [1.54, 1.807) is 0 Å². The van der Waals surface area contributed by atoms with Gasteiger partial charge in [0.05, 0.1) is 0 Å². The standard InChI is InChI=1S/C14H26/c1-12(2)9-10-14(7-5-6-8-14)11-13(12,3)4/h5-11H2,1-4H3. The predicted molar refractivity (Wildman–Crippen MR) is 62.3 cm³/mol. The smallest absolute Gasteiger partial charge is 0.0292 e. The third-order valence-electron chi connectivity index (χ3n) is 5.59. The first kappa shape index (κ1) is 10.5. The molecule has 14 heavy (non-hydrogen) atoms. The minimum absolute atomic E-state index is 0.551. The largest absolute Gasteiger partial charge is 0.0594 e. The SMILES string of the molecule is CC1(C)CCC2(CCCC2)CC1(C)C. The summed E-state index contributed by atoms with van der Waals surface area (Å²) in [6.45, 7) is 9.92. The Morgan fingerprint density at radius 1 is 0.643 bits per heavy atom. The molecule has 0 radical (unpaired) electrons. The monoisotopic (exact) mass is 194 g/mol. The lowest BCUT2D eigenvalue weighted by molar-refractivity contribution is -0.0263. The summed E-state index contributed by atoms with van der Waals surface area (Å²) in [5, 5.41) is 0. The van der Waals surface area contributed by atoms with Crippen LogP contribution in [0.3, 0.4) is 0 Å². The summed E-state index contributed by atoms with van der Waals surface area (Å²) in [5.41, 5.74) is 1.87. The molecule has 0 aliphatic heterocycles. The second-order valence-corrected chi connectivity index (χ2v) is 7.15. The predicted octanol–water partition coefficient (Wildman–Crippen LogP) is 4.78. The van der Waals surface area contributed by atoms with E-state index in [9.17, 15) is 0 Å². The van der Waals surface area contributed by atoms with E-state index >= 15 is 0 Å². The molecule has 82 valence electrons. The van der Waals surface area contributed by atoms with Crippen LogP contribution in [0.1, 0.15) is 72.6 Å².